The molecule has 2 heterocycles. The van der Waals surface area contributed by atoms with E-state index >= 15 is 0 Å². The molecule has 0 fully saturated rings. The number of imidazole rings is 2. The summed E-state index contributed by atoms with van der Waals surface area (Å²) < 4.78 is 35.6. The molecule has 0 aliphatic carbocycles. The predicted octanol–water partition coefficient (Wildman–Crippen LogP) is 4.65. The second kappa shape index (κ2) is 8.28. The molecule has 0 aliphatic heterocycles. The van der Waals surface area contributed by atoms with E-state index in [1.165, 1.54) is 7.11 Å². The molecule has 0 amide bonds. The van der Waals surface area contributed by atoms with Gasteiger partial charge in [-0.3, -0.25) is 4.57 Å². The number of rotatable bonds is 3. The van der Waals surface area contributed by atoms with Crippen LogP contribution in [0, 0.1) is 0 Å². The third kappa shape index (κ3) is 3.90. The van der Waals surface area contributed by atoms with Gasteiger partial charge in [0.05, 0.1) is 42.6 Å². The van der Waals surface area contributed by atoms with Crippen LogP contribution in [-0.2, 0) is 0 Å². The van der Waals surface area contributed by atoms with E-state index < -0.39 is 6.55 Å². The number of H-pyrrole nitrogens is 1. The third-order valence-electron chi connectivity index (χ3n) is 3.62. The maximum Gasteiger partial charge on any atom is 0.320 e. The van der Waals surface area contributed by atoms with Crippen molar-refractivity contribution in [3.8, 4) is 11.5 Å². The van der Waals surface area contributed by atoms with Gasteiger partial charge < -0.3 is 14.5 Å². The van der Waals surface area contributed by atoms with Crippen LogP contribution in [0.15, 0.2) is 49.1 Å². The molecule has 2 aromatic heterocycles. The van der Waals surface area contributed by atoms with Crippen LogP contribution < -0.4 is 9.47 Å². The van der Waals surface area contributed by atoms with Crippen LogP contribution >= 0.6 is 0 Å². The molecule has 0 saturated carbocycles. The summed E-state index contributed by atoms with van der Waals surface area (Å²) in [7, 11) is 3.17. The monoisotopic (exact) mass is 362 g/mol. The van der Waals surface area contributed by atoms with E-state index in [1.807, 2.05) is 18.2 Å². The number of methoxy groups -OCH3 is 2. The van der Waals surface area contributed by atoms with Crippen molar-refractivity contribution in [2.75, 3.05) is 14.2 Å². The molecule has 0 spiro atoms. The maximum atomic E-state index is 12.4. The Balaban J connectivity index is 0.000000184. The standard InChI is InChI=1S/C9H8F2N2O.C8H8N2O.CH4/c1-14-6-2-3-8-7(4-6)12-5-13(8)9(10)11;1-11-6-2-3-7-8(4-6)10-5-9-7;/h2-5,9H,1H3;2-5H,1H3,(H,9,10);1H4. The highest BCUT2D eigenvalue weighted by molar-refractivity contribution is 5.77. The van der Waals surface area contributed by atoms with Gasteiger partial charge in [-0.15, -0.1) is 0 Å². The van der Waals surface area contributed by atoms with E-state index in [9.17, 15) is 8.78 Å². The van der Waals surface area contributed by atoms with E-state index in [2.05, 4.69) is 15.0 Å². The number of ether oxygens (including phenoxy) is 2. The first-order valence-corrected chi connectivity index (χ1v) is 7.38. The fraction of sp³-hybridized carbons (Fsp3) is 0.222. The first-order valence-electron chi connectivity index (χ1n) is 7.38. The minimum Gasteiger partial charge on any atom is -0.497 e. The van der Waals surface area contributed by atoms with E-state index in [4.69, 9.17) is 9.47 Å². The lowest BCUT2D eigenvalue weighted by Crippen LogP contribution is -1.94. The zero-order valence-electron chi connectivity index (χ0n) is 13.6. The Morgan fingerprint density at radius 1 is 0.962 bits per heavy atom. The van der Waals surface area contributed by atoms with Crippen molar-refractivity contribution in [2.45, 2.75) is 14.0 Å². The summed E-state index contributed by atoms with van der Waals surface area (Å²) in [6, 6.07) is 10.5. The SMILES string of the molecule is C.COc1ccc2c(c1)ncn2C(F)F.COc1ccc2nc[nH]c2c1. The lowest BCUT2D eigenvalue weighted by molar-refractivity contribution is 0.0746. The number of alkyl halides is 2. The van der Waals surface area contributed by atoms with E-state index in [-0.39, 0.29) is 7.43 Å². The largest absolute Gasteiger partial charge is 0.497 e. The summed E-state index contributed by atoms with van der Waals surface area (Å²) in [5, 5.41) is 0. The van der Waals surface area contributed by atoms with Crippen molar-refractivity contribution < 1.29 is 18.3 Å². The van der Waals surface area contributed by atoms with Crippen LogP contribution in [0.2, 0.25) is 0 Å². The lowest BCUT2D eigenvalue weighted by atomic mass is 10.3. The first kappa shape index (κ1) is 19.2. The van der Waals surface area contributed by atoms with Crippen LogP contribution in [-0.4, -0.2) is 33.7 Å². The zero-order valence-corrected chi connectivity index (χ0v) is 13.6. The van der Waals surface area contributed by atoms with E-state index in [1.54, 1.807) is 31.6 Å². The molecule has 0 aliphatic rings. The Kier molecular flexibility index (Phi) is 6.11. The molecular weight excluding hydrogens is 342 g/mol. The summed E-state index contributed by atoms with van der Waals surface area (Å²) in [5.74, 6) is 1.46. The molecule has 6 nitrogen and oxygen atoms in total. The molecule has 0 radical (unpaired) electrons. The number of nitrogens with zero attached hydrogens (tertiary/aromatic N) is 3. The second-order valence-corrected chi connectivity index (χ2v) is 5.07. The number of halogens is 2. The number of aromatic nitrogens is 4. The lowest BCUT2D eigenvalue weighted by Gasteiger charge is -2.02. The second-order valence-electron chi connectivity index (χ2n) is 5.07. The Bertz CT molecular complexity index is 982. The molecule has 0 bridgehead atoms. The molecule has 2 aromatic carbocycles. The predicted molar refractivity (Wildman–Crippen MR) is 96.9 cm³/mol. The minimum absolute atomic E-state index is 0. The summed E-state index contributed by atoms with van der Waals surface area (Å²) >= 11 is 0. The molecule has 4 rings (SSSR count). The molecule has 26 heavy (non-hydrogen) atoms. The maximum absolute atomic E-state index is 12.4. The van der Waals surface area contributed by atoms with Crippen LogP contribution in [0.1, 0.15) is 14.0 Å². The van der Waals surface area contributed by atoms with Crippen molar-refractivity contribution in [1.82, 2.24) is 19.5 Å². The van der Waals surface area contributed by atoms with Gasteiger partial charge in [0.1, 0.15) is 17.8 Å². The van der Waals surface area contributed by atoms with Gasteiger partial charge in [0, 0.05) is 12.1 Å². The average molecular weight is 362 g/mol. The topological polar surface area (TPSA) is 65.0 Å². The van der Waals surface area contributed by atoms with Gasteiger partial charge in [0.2, 0.25) is 0 Å². The van der Waals surface area contributed by atoms with Crippen LogP contribution in [0.5, 0.6) is 11.5 Å². The first-order chi connectivity index (χ1) is 12.1. The number of hydrogen-bond acceptors (Lipinski definition) is 4. The Hall–Kier alpha value is -3.16. The molecule has 1 N–H and O–H groups in total. The quantitative estimate of drug-likeness (QED) is 0.576. The van der Waals surface area contributed by atoms with E-state index in [0.29, 0.717) is 16.8 Å². The number of benzene rings is 2. The number of hydrogen-bond donors (Lipinski definition) is 1. The van der Waals surface area contributed by atoms with Crippen LogP contribution in [0.4, 0.5) is 8.78 Å². The van der Waals surface area contributed by atoms with Gasteiger partial charge in [0.15, 0.2) is 0 Å². The Morgan fingerprint density at radius 3 is 2.35 bits per heavy atom. The highest BCUT2D eigenvalue weighted by Crippen LogP contribution is 2.23. The van der Waals surface area contributed by atoms with Gasteiger partial charge in [-0.1, -0.05) is 7.43 Å². The molecule has 4 aromatic rings. The van der Waals surface area contributed by atoms with Gasteiger partial charge in [-0.2, -0.15) is 8.78 Å². The molecule has 138 valence electrons. The number of fused-ring (bicyclic) bond motifs is 2. The summed E-state index contributed by atoms with van der Waals surface area (Å²) in [5.41, 5.74) is 2.88. The van der Waals surface area contributed by atoms with Gasteiger partial charge in [0.25, 0.3) is 0 Å². The highest BCUT2D eigenvalue weighted by Gasteiger charge is 2.10. The van der Waals surface area contributed by atoms with E-state index in [0.717, 1.165) is 27.7 Å². The van der Waals surface area contributed by atoms with Crippen molar-refractivity contribution >= 4 is 22.1 Å². The molecule has 0 saturated heterocycles. The fourth-order valence-electron chi connectivity index (χ4n) is 2.34. The van der Waals surface area contributed by atoms with Gasteiger partial charge >= 0.3 is 6.55 Å². The summed E-state index contributed by atoms with van der Waals surface area (Å²) in [6.45, 7) is -2.56. The molecule has 0 unspecified atom stereocenters. The number of nitrogens with one attached hydrogen (secondary N) is 1. The average Bonchev–Trinajstić information content (AvgIpc) is 3.27. The van der Waals surface area contributed by atoms with Crippen molar-refractivity contribution in [3.63, 3.8) is 0 Å². The Morgan fingerprint density at radius 2 is 1.65 bits per heavy atom. The molecular formula is C18H20F2N4O2. The molecule has 0 atom stereocenters. The zero-order chi connectivity index (χ0) is 17.8. The van der Waals surface area contributed by atoms with Crippen LogP contribution in [0.3, 0.4) is 0 Å². The third-order valence-corrected chi connectivity index (χ3v) is 3.62. The normalized spacial score (nSPS) is 10.3. The smallest absolute Gasteiger partial charge is 0.320 e. The summed E-state index contributed by atoms with van der Waals surface area (Å²) in [4.78, 5) is 10.9. The minimum atomic E-state index is -2.56. The highest BCUT2D eigenvalue weighted by atomic mass is 19.3. The summed E-state index contributed by atoms with van der Waals surface area (Å²) in [6.07, 6.45) is 2.79. The van der Waals surface area contributed by atoms with Crippen LogP contribution in [0.25, 0.3) is 22.1 Å². The van der Waals surface area contributed by atoms with Crippen molar-refractivity contribution in [2.24, 2.45) is 0 Å². The van der Waals surface area contributed by atoms with Gasteiger partial charge in [-0.25, -0.2) is 9.97 Å². The van der Waals surface area contributed by atoms with Crippen molar-refractivity contribution in [3.05, 3.63) is 49.1 Å². The fourth-order valence-corrected chi connectivity index (χ4v) is 2.34. The van der Waals surface area contributed by atoms with Gasteiger partial charge in [-0.05, 0) is 24.3 Å². The molecule has 8 heteroatoms. The van der Waals surface area contributed by atoms with Crippen molar-refractivity contribution in [1.29, 1.82) is 0 Å². The Labute approximate surface area is 149 Å². The number of aromatic amines is 1.